The first kappa shape index (κ1) is 15.3. The van der Waals surface area contributed by atoms with E-state index in [2.05, 4.69) is 5.10 Å². The van der Waals surface area contributed by atoms with Crippen molar-refractivity contribution >= 4 is 5.78 Å². The topological polar surface area (TPSA) is 58.7 Å². The van der Waals surface area contributed by atoms with E-state index in [1.54, 1.807) is 24.3 Å². The molecule has 1 aromatic heterocycles. The van der Waals surface area contributed by atoms with Crippen molar-refractivity contribution in [2.45, 2.75) is 33.1 Å². The Morgan fingerprint density at radius 3 is 2.48 bits per heavy atom. The minimum atomic E-state index is -2.80. The Kier molecular flexibility index (Phi) is 3.52. The van der Waals surface area contributed by atoms with Crippen molar-refractivity contribution in [2.75, 3.05) is 0 Å². The summed E-state index contributed by atoms with van der Waals surface area (Å²) in [5.74, 6) is -0.286. The first-order valence-electron chi connectivity index (χ1n) is 7.26. The quantitative estimate of drug-likeness (QED) is 0.846. The van der Waals surface area contributed by atoms with Gasteiger partial charge in [0.1, 0.15) is 5.69 Å². The zero-order valence-corrected chi connectivity index (χ0v) is 12.8. The highest BCUT2D eigenvalue weighted by atomic mass is 19.3. The number of alkyl halides is 2. The molecule has 118 valence electrons. The number of aromatic nitrogens is 2. The Hall–Kier alpha value is -2.55. The van der Waals surface area contributed by atoms with Gasteiger partial charge in [-0.1, -0.05) is 13.8 Å². The first-order valence-corrected chi connectivity index (χ1v) is 7.26. The van der Waals surface area contributed by atoms with Crippen molar-refractivity contribution in [3.8, 4) is 11.8 Å². The third-order valence-electron chi connectivity index (χ3n) is 4.02. The Bertz CT molecular complexity index is 814. The lowest BCUT2D eigenvalue weighted by atomic mass is 9.75. The average molecular weight is 315 g/mol. The largest absolute Gasteiger partial charge is 0.294 e. The molecule has 3 rings (SSSR count). The lowest BCUT2D eigenvalue weighted by Crippen LogP contribution is -2.28. The number of carbonyl (C=O) groups excluding carboxylic acids is 1. The van der Waals surface area contributed by atoms with Crippen LogP contribution in [-0.2, 0) is 6.42 Å². The van der Waals surface area contributed by atoms with Crippen LogP contribution in [0.15, 0.2) is 24.3 Å². The van der Waals surface area contributed by atoms with E-state index in [9.17, 15) is 13.6 Å². The van der Waals surface area contributed by atoms with E-state index in [1.807, 2.05) is 19.9 Å². The molecule has 0 radical (unpaired) electrons. The van der Waals surface area contributed by atoms with Crippen LogP contribution in [0.3, 0.4) is 0 Å². The summed E-state index contributed by atoms with van der Waals surface area (Å²) >= 11 is 0. The van der Waals surface area contributed by atoms with E-state index in [0.29, 0.717) is 23.4 Å². The van der Waals surface area contributed by atoms with Gasteiger partial charge in [-0.05, 0) is 36.1 Å². The fourth-order valence-corrected chi connectivity index (χ4v) is 3.02. The number of halogens is 2. The summed E-state index contributed by atoms with van der Waals surface area (Å²) in [5.41, 5.74) is 0.867. The number of fused-ring (bicyclic) bond motifs is 1. The van der Waals surface area contributed by atoms with Crippen LogP contribution in [0.4, 0.5) is 8.78 Å². The summed E-state index contributed by atoms with van der Waals surface area (Å²) in [6.07, 6.45) is -2.07. The van der Waals surface area contributed by atoms with Gasteiger partial charge in [-0.15, -0.1) is 0 Å². The molecule has 0 N–H and O–H groups in total. The van der Waals surface area contributed by atoms with Crippen molar-refractivity contribution in [3.63, 3.8) is 0 Å². The van der Waals surface area contributed by atoms with E-state index in [1.165, 1.54) is 4.68 Å². The van der Waals surface area contributed by atoms with Gasteiger partial charge in [0.25, 0.3) is 6.43 Å². The van der Waals surface area contributed by atoms with Gasteiger partial charge in [0.15, 0.2) is 5.78 Å². The number of Topliss-reactive ketones (excluding diaryl/α,β-unsaturated/α-hetero) is 1. The standard InChI is InChI=1S/C17H15F2N3O/c1-17(2)7-12-14(13(23)8-17)15(16(18)19)21-22(12)11-5-3-10(9-20)4-6-11/h3-6,16H,7-8H2,1-2H3. The molecule has 1 heterocycles. The number of carbonyl (C=O) groups is 1. The number of benzene rings is 1. The number of ketones is 1. The monoisotopic (exact) mass is 315 g/mol. The summed E-state index contributed by atoms with van der Waals surface area (Å²) in [6.45, 7) is 3.87. The summed E-state index contributed by atoms with van der Waals surface area (Å²) in [7, 11) is 0. The predicted molar refractivity (Wildman–Crippen MR) is 79.7 cm³/mol. The number of rotatable bonds is 2. The Morgan fingerprint density at radius 2 is 1.91 bits per heavy atom. The molecule has 0 atom stereocenters. The smallest absolute Gasteiger partial charge is 0.282 e. The van der Waals surface area contributed by atoms with Crippen LogP contribution in [0.5, 0.6) is 0 Å². The second-order valence-electron chi connectivity index (χ2n) is 6.52. The lowest BCUT2D eigenvalue weighted by Gasteiger charge is -2.29. The minimum absolute atomic E-state index is 0.0590. The summed E-state index contributed by atoms with van der Waals surface area (Å²) in [4.78, 5) is 12.3. The molecule has 1 aromatic carbocycles. The third-order valence-corrected chi connectivity index (χ3v) is 4.02. The maximum Gasteiger partial charge on any atom is 0.282 e. The van der Waals surface area contributed by atoms with Crippen LogP contribution >= 0.6 is 0 Å². The molecule has 0 spiro atoms. The van der Waals surface area contributed by atoms with Gasteiger partial charge in [0, 0.05) is 6.42 Å². The van der Waals surface area contributed by atoms with Gasteiger partial charge in [0.2, 0.25) is 0 Å². The number of hydrogen-bond donors (Lipinski definition) is 0. The highest BCUT2D eigenvalue weighted by Gasteiger charge is 2.38. The maximum atomic E-state index is 13.3. The van der Waals surface area contributed by atoms with Crippen LogP contribution < -0.4 is 0 Å². The maximum absolute atomic E-state index is 13.3. The fourth-order valence-electron chi connectivity index (χ4n) is 3.02. The molecule has 1 aliphatic carbocycles. The Labute approximate surface area is 132 Å². The first-order chi connectivity index (χ1) is 10.8. The van der Waals surface area contributed by atoms with Crippen molar-refractivity contribution in [3.05, 3.63) is 46.8 Å². The molecule has 0 aliphatic heterocycles. The van der Waals surface area contributed by atoms with E-state index in [0.717, 1.165) is 0 Å². The molecule has 0 unspecified atom stereocenters. The van der Waals surface area contributed by atoms with Crippen molar-refractivity contribution in [2.24, 2.45) is 5.41 Å². The average Bonchev–Trinajstić information content (AvgIpc) is 2.85. The molecule has 4 nitrogen and oxygen atoms in total. The van der Waals surface area contributed by atoms with Gasteiger partial charge >= 0.3 is 0 Å². The number of nitrogens with zero attached hydrogens (tertiary/aromatic N) is 3. The lowest BCUT2D eigenvalue weighted by molar-refractivity contribution is 0.0896. The van der Waals surface area contributed by atoms with Gasteiger partial charge in [-0.2, -0.15) is 10.4 Å². The van der Waals surface area contributed by atoms with E-state index in [-0.39, 0.29) is 23.2 Å². The molecule has 0 bridgehead atoms. The van der Waals surface area contributed by atoms with Crippen LogP contribution in [0.25, 0.3) is 5.69 Å². The SMILES string of the molecule is CC1(C)CC(=O)c2c(C(F)F)nn(-c3ccc(C#N)cc3)c2C1. The molecule has 0 fully saturated rings. The predicted octanol–water partition coefficient (Wildman–Crippen LogP) is 3.84. The Morgan fingerprint density at radius 1 is 1.26 bits per heavy atom. The van der Waals surface area contributed by atoms with Crippen LogP contribution in [0, 0.1) is 16.7 Å². The summed E-state index contributed by atoms with van der Waals surface area (Å²) in [5, 5.41) is 12.9. The molecule has 6 heteroatoms. The zero-order chi connectivity index (χ0) is 16.8. The molecule has 0 amide bonds. The molecular formula is C17H15F2N3O. The molecule has 2 aromatic rings. The van der Waals surface area contributed by atoms with Crippen molar-refractivity contribution in [1.82, 2.24) is 9.78 Å². The van der Waals surface area contributed by atoms with Gasteiger partial charge in [-0.3, -0.25) is 4.79 Å². The highest BCUT2D eigenvalue weighted by Crippen LogP contribution is 2.39. The van der Waals surface area contributed by atoms with Crippen molar-refractivity contribution < 1.29 is 13.6 Å². The van der Waals surface area contributed by atoms with Crippen LogP contribution in [0.1, 0.15) is 54.0 Å². The Balaban J connectivity index is 2.20. The minimum Gasteiger partial charge on any atom is -0.294 e. The molecule has 1 aliphatic rings. The molecule has 0 saturated carbocycles. The van der Waals surface area contributed by atoms with Gasteiger partial charge < -0.3 is 0 Å². The third kappa shape index (κ3) is 2.63. The van der Waals surface area contributed by atoms with Crippen LogP contribution in [0.2, 0.25) is 0 Å². The molecular weight excluding hydrogens is 300 g/mol. The van der Waals surface area contributed by atoms with E-state index < -0.39 is 12.1 Å². The number of nitriles is 1. The molecule has 23 heavy (non-hydrogen) atoms. The highest BCUT2D eigenvalue weighted by molar-refractivity contribution is 6.00. The molecule has 0 saturated heterocycles. The van der Waals surface area contributed by atoms with Gasteiger partial charge in [-0.25, -0.2) is 13.5 Å². The second kappa shape index (κ2) is 5.27. The summed E-state index contributed by atoms with van der Waals surface area (Å²) in [6, 6.07) is 8.50. The fraction of sp³-hybridized carbons (Fsp3) is 0.353. The van der Waals surface area contributed by atoms with Gasteiger partial charge in [0.05, 0.1) is 28.6 Å². The van der Waals surface area contributed by atoms with Crippen LogP contribution in [-0.4, -0.2) is 15.6 Å². The second-order valence-corrected chi connectivity index (χ2v) is 6.52. The van der Waals surface area contributed by atoms with Crippen molar-refractivity contribution in [1.29, 1.82) is 5.26 Å². The van der Waals surface area contributed by atoms with E-state index in [4.69, 9.17) is 5.26 Å². The zero-order valence-electron chi connectivity index (χ0n) is 12.8. The summed E-state index contributed by atoms with van der Waals surface area (Å²) < 4.78 is 28.0. The number of hydrogen-bond acceptors (Lipinski definition) is 3. The normalized spacial score (nSPS) is 16.3. The van der Waals surface area contributed by atoms with E-state index >= 15 is 0 Å².